The van der Waals surface area contributed by atoms with E-state index in [-0.39, 0.29) is 17.4 Å². The standard InChI is InChI=1S/C19H24N4O2/c1-22(2)16-7-4-13(5-8-16)12-20-19(25)14-6-9-17-15(10-14)11-18(24)23(3)21-17/h4-5,7-8,11,14H,6,9-10,12H2,1-3H3,(H,20,25). The summed E-state index contributed by atoms with van der Waals surface area (Å²) in [5.74, 6) is -0.0505. The fourth-order valence-electron chi connectivity index (χ4n) is 3.16. The SMILES string of the molecule is CN(C)c1ccc(CNC(=O)C2CCc3nn(C)c(=O)cc3C2)cc1. The Morgan fingerprint density at radius 3 is 2.72 bits per heavy atom. The molecule has 1 heterocycles. The quantitative estimate of drug-likeness (QED) is 0.910. The number of fused-ring (bicyclic) bond motifs is 1. The van der Waals surface area contributed by atoms with E-state index < -0.39 is 0 Å². The number of nitrogens with zero attached hydrogens (tertiary/aromatic N) is 3. The molecule has 1 amide bonds. The lowest BCUT2D eigenvalue weighted by Crippen LogP contribution is -2.35. The summed E-state index contributed by atoms with van der Waals surface area (Å²) in [5, 5.41) is 7.31. The van der Waals surface area contributed by atoms with Crippen molar-refractivity contribution in [3.05, 3.63) is 57.5 Å². The molecule has 0 bridgehead atoms. The van der Waals surface area contributed by atoms with E-state index in [1.807, 2.05) is 43.3 Å². The predicted octanol–water partition coefficient (Wildman–Crippen LogP) is 1.27. The van der Waals surface area contributed by atoms with Crippen molar-refractivity contribution in [2.24, 2.45) is 13.0 Å². The van der Waals surface area contributed by atoms with Crippen molar-refractivity contribution in [3.63, 3.8) is 0 Å². The Hall–Kier alpha value is -2.63. The molecule has 132 valence electrons. The van der Waals surface area contributed by atoms with Crippen molar-refractivity contribution < 1.29 is 4.79 Å². The molecule has 1 unspecified atom stereocenters. The summed E-state index contributed by atoms with van der Waals surface area (Å²) < 4.78 is 1.36. The maximum atomic E-state index is 12.5. The van der Waals surface area contributed by atoms with Gasteiger partial charge in [-0.15, -0.1) is 0 Å². The molecule has 0 saturated carbocycles. The van der Waals surface area contributed by atoms with Crippen LogP contribution in [0, 0.1) is 5.92 Å². The number of rotatable bonds is 4. The summed E-state index contributed by atoms with van der Waals surface area (Å²) in [6, 6.07) is 9.75. The average molecular weight is 340 g/mol. The minimum Gasteiger partial charge on any atom is -0.378 e. The number of hydrogen-bond acceptors (Lipinski definition) is 4. The molecule has 1 atom stereocenters. The first-order valence-corrected chi connectivity index (χ1v) is 8.54. The molecular formula is C19H24N4O2. The van der Waals surface area contributed by atoms with Gasteiger partial charge in [0.2, 0.25) is 5.91 Å². The minimum absolute atomic E-state index is 0.0445. The average Bonchev–Trinajstić information content (AvgIpc) is 2.60. The Kier molecular flexibility index (Phi) is 4.88. The van der Waals surface area contributed by atoms with Gasteiger partial charge in [-0.2, -0.15) is 5.10 Å². The third-order valence-electron chi connectivity index (χ3n) is 4.74. The van der Waals surface area contributed by atoms with E-state index in [1.165, 1.54) is 4.68 Å². The van der Waals surface area contributed by atoms with Gasteiger partial charge in [0.25, 0.3) is 5.56 Å². The van der Waals surface area contributed by atoms with E-state index in [4.69, 9.17) is 0 Å². The van der Waals surface area contributed by atoms with Crippen molar-refractivity contribution in [2.45, 2.75) is 25.8 Å². The Morgan fingerprint density at radius 1 is 1.32 bits per heavy atom. The van der Waals surface area contributed by atoms with Crippen molar-refractivity contribution in [3.8, 4) is 0 Å². The molecule has 6 heteroatoms. The minimum atomic E-state index is -0.124. The Morgan fingerprint density at radius 2 is 2.04 bits per heavy atom. The molecule has 2 aromatic rings. The van der Waals surface area contributed by atoms with Crippen LogP contribution in [-0.2, 0) is 31.2 Å². The molecule has 1 aliphatic rings. The number of anilines is 1. The molecular weight excluding hydrogens is 316 g/mol. The summed E-state index contributed by atoms with van der Waals surface area (Å²) >= 11 is 0. The van der Waals surface area contributed by atoms with Crippen LogP contribution in [0.25, 0.3) is 0 Å². The molecule has 0 aliphatic heterocycles. The van der Waals surface area contributed by atoms with Gasteiger partial charge in [0.05, 0.1) is 5.69 Å². The van der Waals surface area contributed by atoms with E-state index in [1.54, 1.807) is 13.1 Å². The summed E-state index contributed by atoms with van der Waals surface area (Å²) in [4.78, 5) is 26.3. The normalized spacial score (nSPS) is 16.2. The van der Waals surface area contributed by atoms with E-state index in [0.29, 0.717) is 13.0 Å². The number of benzene rings is 1. The van der Waals surface area contributed by atoms with Crippen molar-refractivity contribution in [1.82, 2.24) is 15.1 Å². The fraction of sp³-hybridized carbons (Fsp3) is 0.421. The first-order chi connectivity index (χ1) is 11.9. The molecule has 0 spiro atoms. The highest BCUT2D eigenvalue weighted by Gasteiger charge is 2.26. The van der Waals surface area contributed by atoms with Crippen LogP contribution in [0.5, 0.6) is 0 Å². The number of hydrogen-bond donors (Lipinski definition) is 1. The first-order valence-electron chi connectivity index (χ1n) is 8.54. The van der Waals surface area contributed by atoms with Crippen LogP contribution < -0.4 is 15.8 Å². The van der Waals surface area contributed by atoms with Gasteiger partial charge >= 0.3 is 0 Å². The summed E-state index contributed by atoms with van der Waals surface area (Å²) in [6.45, 7) is 0.519. The largest absolute Gasteiger partial charge is 0.378 e. The van der Waals surface area contributed by atoms with Gasteiger partial charge in [-0.05, 0) is 42.5 Å². The topological polar surface area (TPSA) is 67.2 Å². The van der Waals surface area contributed by atoms with Crippen molar-refractivity contribution in [2.75, 3.05) is 19.0 Å². The molecule has 0 radical (unpaired) electrons. The third-order valence-corrected chi connectivity index (χ3v) is 4.74. The number of carbonyl (C=O) groups excluding carboxylic acids is 1. The Labute approximate surface area is 147 Å². The fourth-order valence-corrected chi connectivity index (χ4v) is 3.16. The number of aromatic nitrogens is 2. The highest BCUT2D eigenvalue weighted by atomic mass is 16.2. The number of amides is 1. The number of aryl methyl sites for hydroxylation is 2. The molecule has 6 nitrogen and oxygen atoms in total. The molecule has 1 aromatic carbocycles. The van der Waals surface area contributed by atoms with Crippen molar-refractivity contribution >= 4 is 11.6 Å². The molecule has 0 saturated heterocycles. The summed E-state index contributed by atoms with van der Waals surface area (Å²) in [5.41, 5.74) is 3.93. The summed E-state index contributed by atoms with van der Waals surface area (Å²) in [7, 11) is 5.66. The van der Waals surface area contributed by atoms with Crippen LogP contribution in [0.1, 0.15) is 23.2 Å². The Balaban J connectivity index is 1.60. The van der Waals surface area contributed by atoms with Crippen LogP contribution in [0.2, 0.25) is 0 Å². The second-order valence-corrected chi connectivity index (χ2v) is 6.80. The van der Waals surface area contributed by atoms with Gasteiger partial charge in [-0.25, -0.2) is 4.68 Å². The van der Waals surface area contributed by atoms with Crippen LogP contribution in [0.4, 0.5) is 5.69 Å². The second-order valence-electron chi connectivity index (χ2n) is 6.80. The molecule has 3 rings (SSSR count). The summed E-state index contributed by atoms with van der Waals surface area (Å²) in [6.07, 6.45) is 2.09. The first kappa shape index (κ1) is 17.2. The number of carbonyl (C=O) groups is 1. The lowest BCUT2D eigenvalue weighted by Gasteiger charge is -2.23. The maximum Gasteiger partial charge on any atom is 0.266 e. The van der Waals surface area contributed by atoms with Crippen LogP contribution >= 0.6 is 0 Å². The van der Waals surface area contributed by atoms with E-state index in [0.717, 1.165) is 35.3 Å². The molecule has 1 aliphatic carbocycles. The van der Waals surface area contributed by atoms with Gasteiger partial charge in [0.15, 0.2) is 0 Å². The molecule has 1 aromatic heterocycles. The zero-order chi connectivity index (χ0) is 18.0. The van der Waals surface area contributed by atoms with E-state index >= 15 is 0 Å². The van der Waals surface area contributed by atoms with Gasteiger partial charge < -0.3 is 10.2 Å². The lowest BCUT2D eigenvalue weighted by molar-refractivity contribution is -0.125. The van der Waals surface area contributed by atoms with Crippen LogP contribution in [0.15, 0.2) is 35.1 Å². The maximum absolute atomic E-state index is 12.5. The van der Waals surface area contributed by atoms with Crippen LogP contribution in [0.3, 0.4) is 0 Å². The van der Waals surface area contributed by atoms with Gasteiger partial charge in [0.1, 0.15) is 0 Å². The third kappa shape index (κ3) is 3.90. The Bertz CT molecular complexity index is 824. The van der Waals surface area contributed by atoms with Crippen LogP contribution in [-0.4, -0.2) is 29.8 Å². The smallest absolute Gasteiger partial charge is 0.266 e. The zero-order valence-corrected chi connectivity index (χ0v) is 15.0. The molecule has 1 N–H and O–H groups in total. The van der Waals surface area contributed by atoms with Gasteiger partial charge in [-0.3, -0.25) is 9.59 Å². The van der Waals surface area contributed by atoms with Crippen molar-refractivity contribution in [1.29, 1.82) is 0 Å². The second kappa shape index (κ2) is 7.09. The highest BCUT2D eigenvalue weighted by Crippen LogP contribution is 2.23. The van der Waals surface area contributed by atoms with Gasteiger partial charge in [-0.1, -0.05) is 12.1 Å². The molecule has 0 fully saturated rings. The van der Waals surface area contributed by atoms with E-state index in [2.05, 4.69) is 10.4 Å². The highest BCUT2D eigenvalue weighted by molar-refractivity contribution is 5.79. The zero-order valence-electron chi connectivity index (χ0n) is 15.0. The van der Waals surface area contributed by atoms with Gasteiger partial charge in [0, 0.05) is 45.4 Å². The lowest BCUT2D eigenvalue weighted by atomic mass is 9.86. The predicted molar refractivity (Wildman–Crippen MR) is 97.6 cm³/mol. The van der Waals surface area contributed by atoms with E-state index in [9.17, 15) is 9.59 Å². The molecule has 25 heavy (non-hydrogen) atoms. The monoisotopic (exact) mass is 340 g/mol. The number of nitrogens with one attached hydrogen (secondary N) is 1.